The summed E-state index contributed by atoms with van der Waals surface area (Å²) in [6.45, 7) is 0.337. The van der Waals surface area contributed by atoms with Gasteiger partial charge in [-0.25, -0.2) is 13.1 Å². The molecule has 0 atom stereocenters. The molecule has 128 valence electrons. The molecule has 1 N–H and O–H groups in total. The Kier molecular flexibility index (Phi) is 5.64. The maximum atomic E-state index is 12.5. The van der Waals surface area contributed by atoms with Crippen LogP contribution in [0.5, 0.6) is 0 Å². The Labute approximate surface area is 149 Å². The summed E-state index contributed by atoms with van der Waals surface area (Å²) < 4.78 is 27.7. The molecule has 0 aliphatic carbocycles. The van der Waals surface area contributed by atoms with E-state index >= 15 is 0 Å². The number of nitrogens with one attached hydrogen (secondary N) is 1. The molecule has 3 rings (SSSR count). The van der Waals surface area contributed by atoms with Gasteiger partial charge in [-0.2, -0.15) is 0 Å². The van der Waals surface area contributed by atoms with Crippen LogP contribution < -0.4 is 4.72 Å². The van der Waals surface area contributed by atoms with Gasteiger partial charge in [-0.3, -0.25) is 0 Å². The Bertz CT molecular complexity index is 839. The van der Waals surface area contributed by atoms with Gasteiger partial charge in [-0.15, -0.1) is 0 Å². The summed E-state index contributed by atoms with van der Waals surface area (Å²) in [5, 5.41) is 0. The third-order valence-corrected chi connectivity index (χ3v) is 5.43. The lowest BCUT2D eigenvalue weighted by atomic mass is 9.92. The summed E-state index contributed by atoms with van der Waals surface area (Å²) in [5.74, 6) is -0.0302. The lowest BCUT2D eigenvalue weighted by molar-refractivity contribution is 0.576. The highest BCUT2D eigenvalue weighted by Gasteiger charge is 2.18. The largest absolute Gasteiger partial charge is 0.215 e. The third kappa shape index (κ3) is 5.02. The monoisotopic (exact) mass is 351 g/mol. The summed E-state index contributed by atoms with van der Waals surface area (Å²) in [6, 6.07) is 29.2. The smallest absolute Gasteiger partial charge is 0.214 e. The van der Waals surface area contributed by atoms with Gasteiger partial charge in [-0.05, 0) is 16.7 Å². The fourth-order valence-electron chi connectivity index (χ4n) is 2.85. The molecule has 0 aromatic heterocycles. The average molecular weight is 351 g/mol. The van der Waals surface area contributed by atoms with Gasteiger partial charge in [0.25, 0.3) is 0 Å². The minimum Gasteiger partial charge on any atom is -0.214 e. The number of hydrogen-bond donors (Lipinski definition) is 1. The molecule has 0 fully saturated rings. The van der Waals surface area contributed by atoms with Crippen LogP contribution in [0.2, 0.25) is 0 Å². The van der Waals surface area contributed by atoms with E-state index in [9.17, 15) is 8.42 Å². The van der Waals surface area contributed by atoms with Gasteiger partial charge in [0.1, 0.15) is 0 Å². The van der Waals surface area contributed by atoms with Gasteiger partial charge in [-0.1, -0.05) is 91.0 Å². The van der Waals surface area contributed by atoms with E-state index in [-0.39, 0.29) is 11.7 Å². The summed E-state index contributed by atoms with van der Waals surface area (Å²) in [5.41, 5.74) is 2.97. The van der Waals surface area contributed by atoms with Gasteiger partial charge >= 0.3 is 0 Å². The van der Waals surface area contributed by atoms with E-state index in [0.717, 1.165) is 16.7 Å². The average Bonchev–Trinajstić information content (AvgIpc) is 2.64. The predicted octanol–water partition coefficient (Wildman–Crippen LogP) is 3.94. The first-order valence-electron chi connectivity index (χ1n) is 8.25. The first kappa shape index (κ1) is 17.4. The lowest BCUT2D eigenvalue weighted by Gasteiger charge is -2.19. The molecule has 0 aliphatic heterocycles. The van der Waals surface area contributed by atoms with Gasteiger partial charge < -0.3 is 0 Å². The molecular formula is C21H21NO2S. The van der Waals surface area contributed by atoms with Crippen LogP contribution in [-0.2, 0) is 15.8 Å². The first-order valence-corrected chi connectivity index (χ1v) is 9.90. The van der Waals surface area contributed by atoms with Crippen LogP contribution in [0.15, 0.2) is 91.0 Å². The van der Waals surface area contributed by atoms with Crippen molar-refractivity contribution in [2.24, 2.45) is 0 Å². The Morgan fingerprint density at radius 3 is 1.60 bits per heavy atom. The zero-order chi connectivity index (χ0) is 17.5. The van der Waals surface area contributed by atoms with Crippen LogP contribution in [0, 0.1) is 0 Å². The van der Waals surface area contributed by atoms with Gasteiger partial charge in [0, 0.05) is 12.5 Å². The summed E-state index contributed by atoms with van der Waals surface area (Å²) in [4.78, 5) is 0. The van der Waals surface area contributed by atoms with Crippen molar-refractivity contribution in [2.75, 3.05) is 6.54 Å². The van der Waals surface area contributed by atoms with Crippen LogP contribution in [-0.4, -0.2) is 15.0 Å². The van der Waals surface area contributed by atoms with Crippen molar-refractivity contribution in [3.8, 4) is 0 Å². The van der Waals surface area contributed by atoms with Crippen molar-refractivity contribution in [1.29, 1.82) is 0 Å². The SMILES string of the molecule is O=S(=O)(Cc1ccccc1)NCC(c1ccccc1)c1ccccc1. The lowest BCUT2D eigenvalue weighted by Crippen LogP contribution is -2.30. The third-order valence-electron chi connectivity index (χ3n) is 4.11. The van der Waals surface area contributed by atoms with Crippen LogP contribution in [0.3, 0.4) is 0 Å². The highest BCUT2D eigenvalue weighted by atomic mass is 32.2. The van der Waals surface area contributed by atoms with E-state index in [1.54, 1.807) is 0 Å². The van der Waals surface area contributed by atoms with Crippen LogP contribution >= 0.6 is 0 Å². The quantitative estimate of drug-likeness (QED) is 0.701. The molecule has 0 saturated carbocycles. The normalized spacial score (nSPS) is 11.6. The van der Waals surface area contributed by atoms with E-state index in [2.05, 4.69) is 4.72 Å². The van der Waals surface area contributed by atoms with Crippen molar-refractivity contribution >= 4 is 10.0 Å². The van der Waals surface area contributed by atoms with Gasteiger partial charge in [0.05, 0.1) is 5.75 Å². The summed E-state index contributed by atoms with van der Waals surface area (Å²) in [6.07, 6.45) is 0. The molecule has 0 spiro atoms. The second kappa shape index (κ2) is 8.10. The van der Waals surface area contributed by atoms with Crippen molar-refractivity contribution in [3.05, 3.63) is 108 Å². The van der Waals surface area contributed by atoms with E-state index in [1.165, 1.54) is 0 Å². The molecule has 3 aromatic carbocycles. The minimum atomic E-state index is -3.40. The fraction of sp³-hybridized carbons (Fsp3) is 0.143. The molecule has 25 heavy (non-hydrogen) atoms. The molecule has 0 bridgehead atoms. The highest BCUT2D eigenvalue weighted by molar-refractivity contribution is 7.88. The van der Waals surface area contributed by atoms with Crippen molar-refractivity contribution in [2.45, 2.75) is 11.7 Å². The van der Waals surface area contributed by atoms with E-state index < -0.39 is 10.0 Å². The second-order valence-electron chi connectivity index (χ2n) is 5.97. The van der Waals surface area contributed by atoms with Crippen LogP contribution in [0.25, 0.3) is 0 Å². The number of rotatable bonds is 7. The first-order chi connectivity index (χ1) is 12.1. The molecular weight excluding hydrogens is 330 g/mol. The topological polar surface area (TPSA) is 46.2 Å². The standard InChI is InChI=1S/C21H21NO2S/c23-25(24,17-18-10-4-1-5-11-18)22-16-21(19-12-6-2-7-13-19)20-14-8-3-9-15-20/h1-15,21-22H,16-17H2. The molecule has 0 amide bonds. The van der Waals surface area contributed by atoms with Gasteiger partial charge in [0.2, 0.25) is 10.0 Å². The highest BCUT2D eigenvalue weighted by Crippen LogP contribution is 2.24. The molecule has 0 radical (unpaired) electrons. The predicted molar refractivity (Wildman–Crippen MR) is 102 cm³/mol. The summed E-state index contributed by atoms with van der Waals surface area (Å²) in [7, 11) is -3.40. The van der Waals surface area contributed by atoms with Crippen LogP contribution in [0.4, 0.5) is 0 Å². The zero-order valence-electron chi connectivity index (χ0n) is 13.9. The Morgan fingerprint density at radius 1 is 0.680 bits per heavy atom. The summed E-state index contributed by atoms with van der Waals surface area (Å²) >= 11 is 0. The fourth-order valence-corrected chi connectivity index (χ4v) is 4.01. The van der Waals surface area contributed by atoms with Gasteiger partial charge in [0.15, 0.2) is 0 Å². The molecule has 0 saturated heterocycles. The van der Waals surface area contributed by atoms with Crippen molar-refractivity contribution in [1.82, 2.24) is 4.72 Å². The van der Waals surface area contributed by atoms with E-state index in [0.29, 0.717) is 6.54 Å². The minimum absolute atomic E-state index is 0.00978. The maximum Gasteiger partial charge on any atom is 0.215 e. The van der Waals surface area contributed by atoms with Crippen molar-refractivity contribution in [3.63, 3.8) is 0 Å². The van der Waals surface area contributed by atoms with E-state index in [4.69, 9.17) is 0 Å². The second-order valence-corrected chi connectivity index (χ2v) is 7.77. The number of benzene rings is 3. The number of hydrogen-bond acceptors (Lipinski definition) is 2. The number of sulfonamides is 1. The Hall–Kier alpha value is -2.43. The molecule has 3 nitrogen and oxygen atoms in total. The Morgan fingerprint density at radius 2 is 1.12 bits per heavy atom. The van der Waals surface area contributed by atoms with E-state index in [1.807, 2.05) is 91.0 Å². The molecule has 3 aromatic rings. The molecule has 0 unspecified atom stereocenters. The molecule has 0 aliphatic rings. The molecule has 4 heteroatoms. The van der Waals surface area contributed by atoms with Crippen LogP contribution in [0.1, 0.15) is 22.6 Å². The Balaban J connectivity index is 1.77. The maximum absolute atomic E-state index is 12.5. The zero-order valence-corrected chi connectivity index (χ0v) is 14.7. The van der Waals surface area contributed by atoms with Crippen molar-refractivity contribution < 1.29 is 8.42 Å². The molecule has 0 heterocycles.